The molecule has 0 spiro atoms. The molecule has 150 valence electrons. The molecule has 4 aromatic rings. The summed E-state index contributed by atoms with van der Waals surface area (Å²) < 4.78 is 11.3. The molecular formula is C24H19NO4S. The van der Waals surface area contributed by atoms with Gasteiger partial charge in [-0.25, -0.2) is 4.79 Å². The molecule has 0 unspecified atom stereocenters. The van der Waals surface area contributed by atoms with E-state index in [0.29, 0.717) is 17.0 Å². The molecule has 0 amide bonds. The normalized spacial score (nSPS) is 13.3. The minimum Gasteiger partial charge on any atom is -0.488 e. The molecule has 5 nitrogen and oxygen atoms in total. The SMILES string of the molecule is Cc1[nH]c2ccccc2c1C(=O)[C@@H](C)OC(=O)c1cc2c(s1)-c1ccccc1OC2. The number of ketones is 1. The molecule has 0 saturated heterocycles. The van der Waals surface area contributed by atoms with Gasteiger partial charge in [0, 0.05) is 38.2 Å². The molecule has 30 heavy (non-hydrogen) atoms. The van der Waals surface area contributed by atoms with Crippen molar-refractivity contribution in [3.63, 3.8) is 0 Å². The Hall–Kier alpha value is -3.38. The lowest BCUT2D eigenvalue weighted by Gasteiger charge is -2.16. The molecule has 1 atom stereocenters. The first-order valence-corrected chi connectivity index (χ1v) is 10.5. The van der Waals surface area contributed by atoms with Gasteiger partial charge in [0.05, 0.1) is 0 Å². The number of carbonyl (C=O) groups excluding carboxylic acids is 2. The number of Topliss-reactive ketones (excluding diaryl/α,β-unsaturated/α-hetero) is 1. The fraction of sp³-hybridized carbons (Fsp3) is 0.167. The highest BCUT2D eigenvalue weighted by atomic mass is 32.1. The smallest absolute Gasteiger partial charge is 0.349 e. The molecule has 3 heterocycles. The van der Waals surface area contributed by atoms with E-state index >= 15 is 0 Å². The van der Waals surface area contributed by atoms with Crippen molar-refractivity contribution >= 4 is 34.0 Å². The number of hydrogen-bond donors (Lipinski definition) is 1. The van der Waals surface area contributed by atoms with Crippen molar-refractivity contribution in [2.75, 3.05) is 0 Å². The van der Waals surface area contributed by atoms with Crippen molar-refractivity contribution in [2.45, 2.75) is 26.6 Å². The van der Waals surface area contributed by atoms with Crippen molar-refractivity contribution in [1.29, 1.82) is 0 Å². The van der Waals surface area contributed by atoms with Crippen LogP contribution in [0.25, 0.3) is 21.3 Å². The largest absolute Gasteiger partial charge is 0.488 e. The molecule has 0 fully saturated rings. The molecule has 0 aliphatic carbocycles. The number of para-hydroxylation sites is 2. The summed E-state index contributed by atoms with van der Waals surface area (Å²) in [5, 5.41) is 0.836. The van der Waals surface area contributed by atoms with Gasteiger partial charge in [-0.15, -0.1) is 11.3 Å². The first-order chi connectivity index (χ1) is 14.5. The standard InChI is InChI=1S/C24H19NO4S/c1-13-21(16-7-3-5-9-18(16)25-13)22(26)14(2)29-24(27)20-11-15-12-28-19-10-6-4-8-17(19)23(15)30-20/h3-11,14,25H,12H2,1-2H3/t14-/m1/s1. The zero-order valence-corrected chi connectivity index (χ0v) is 17.3. The summed E-state index contributed by atoms with van der Waals surface area (Å²) in [6, 6.07) is 17.2. The van der Waals surface area contributed by atoms with E-state index < -0.39 is 12.1 Å². The number of aromatic nitrogens is 1. The predicted molar refractivity (Wildman–Crippen MR) is 116 cm³/mol. The van der Waals surface area contributed by atoms with E-state index in [4.69, 9.17) is 9.47 Å². The minimum atomic E-state index is -0.891. The van der Waals surface area contributed by atoms with Gasteiger partial charge in [0.2, 0.25) is 5.78 Å². The van der Waals surface area contributed by atoms with Crippen molar-refractivity contribution in [2.24, 2.45) is 0 Å². The van der Waals surface area contributed by atoms with Gasteiger partial charge in [-0.2, -0.15) is 0 Å². The third-order valence-electron chi connectivity index (χ3n) is 5.32. The number of rotatable bonds is 4. The summed E-state index contributed by atoms with van der Waals surface area (Å²) >= 11 is 1.37. The van der Waals surface area contributed by atoms with Crippen LogP contribution in [0.4, 0.5) is 0 Å². The molecule has 1 aliphatic rings. The van der Waals surface area contributed by atoms with Crippen LogP contribution in [0.2, 0.25) is 0 Å². The second kappa shape index (κ2) is 7.15. The Morgan fingerprint density at radius 3 is 2.77 bits per heavy atom. The maximum Gasteiger partial charge on any atom is 0.349 e. The van der Waals surface area contributed by atoms with Gasteiger partial charge in [0.15, 0.2) is 6.10 Å². The average Bonchev–Trinajstić information content (AvgIpc) is 3.33. The van der Waals surface area contributed by atoms with Gasteiger partial charge in [0.25, 0.3) is 0 Å². The predicted octanol–water partition coefficient (Wildman–Crippen LogP) is 5.53. The van der Waals surface area contributed by atoms with Crippen LogP contribution < -0.4 is 4.74 Å². The van der Waals surface area contributed by atoms with E-state index in [0.717, 1.165) is 38.4 Å². The third-order valence-corrected chi connectivity index (χ3v) is 6.51. The summed E-state index contributed by atoms with van der Waals surface area (Å²) in [4.78, 5) is 30.5. The highest BCUT2D eigenvalue weighted by Crippen LogP contribution is 2.42. The number of carbonyl (C=O) groups is 2. The van der Waals surface area contributed by atoms with Gasteiger partial charge in [-0.3, -0.25) is 4.79 Å². The summed E-state index contributed by atoms with van der Waals surface area (Å²) in [6.07, 6.45) is -0.891. The number of nitrogens with one attached hydrogen (secondary N) is 1. The van der Waals surface area contributed by atoms with Crippen LogP contribution in [0.1, 0.15) is 38.2 Å². The van der Waals surface area contributed by atoms with Crippen molar-refractivity contribution in [1.82, 2.24) is 4.98 Å². The van der Waals surface area contributed by atoms with Gasteiger partial charge in [-0.05, 0) is 38.1 Å². The lowest BCUT2D eigenvalue weighted by atomic mass is 10.0. The fourth-order valence-corrected chi connectivity index (χ4v) is 4.95. The second-order valence-electron chi connectivity index (χ2n) is 7.33. The molecule has 2 aromatic carbocycles. The van der Waals surface area contributed by atoms with Crippen molar-refractivity contribution < 1.29 is 19.1 Å². The Labute approximate surface area is 177 Å². The van der Waals surface area contributed by atoms with E-state index in [1.807, 2.05) is 55.5 Å². The molecule has 1 aliphatic heterocycles. The highest BCUT2D eigenvalue weighted by molar-refractivity contribution is 7.17. The minimum absolute atomic E-state index is 0.215. The van der Waals surface area contributed by atoms with E-state index in [9.17, 15) is 9.59 Å². The number of aryl methyl sites for hydroxylation is 1. The summed E-state index contributed by atoms with van der Waals surface area (Å²) in [6.45, 7) is 3.89. The van der Waals surface area contributed by atoms with Crippen LogP contribution in [0.15, 0.2) is 54.6 Å². The zero-order chi connectivity index (χ0) is 20.8. The van der Waals surface area contributed by atoms with Crippen LogP contribution in [0.3, 0.4) is 0 Å². The van der Waals surface area contributed by atoms with Crippen molar-refractivity contribution in [3.8, 4) is 16.2 Å². The molecule has 2 aromatic heterocycles. The highest BCUT2D eigenvalue weighted by Gasteiger charge is 2.27. The molecule has 5 rings (SSSR count). The fourth-order valence-electron chi connectivity index (χ4n) is 3.87. The topological polar surface area (TPSA) is 68.4 Å². The molecule has 6 heteroatoms. The van der Waals surface area contributed by atoms with Crippen LogP contribution >= 0.6 is 11.3 Å². The average molecular weight is 417 g/mol. The molecule has 0 saturated carbocycles. The Bertz CT molecular complexity index is 1300. The number of benzene rings is 2. The van der Waals surface area contributed by atoms with E-state index in [2.05, 4.69) is 4.98 Å². The van der Waals surface area contributed by atoms with Gasteiger partial charge >= 0.3 is 5.97 Å². The third kappa shape index (κ3) is 3.00. The van der Waals surface area contributed by atoms with Gasteiger partial charge in [0.1, 0.15) is 17.2 Å². The maximum absolute atomic E-state index is 13.1. The molecule has 0 bridgehead atoms. The summed E-state index contributed by atoms with van der Waals surface area (Å²) in [7, 11) is 0. The maximum atomic E-state index is 13.1. The Balaban J connectivity index is 1.39. The quantitative estimate of drug-likeness (QED) is 0.350. The zero-order valence-electron chi connectivity index (χ0n) is 16.5. The van der Waals surface area contributed by atoms with Crippen LogP contribution in [-0.4, -0.2) is 22.8 Å². The van der Waals surface area contributed by atoms with Gasteiger partial charge in [-0.1, -0.05) is 30.3 Å². The second-order valence-corrected chi connectivity index (χ2v) is 8.38. The number of H-pyrrole nitrogens is 1. The van der Waals surface area contributed by atoms with Crippen LogP contribution in [0.5, 0.6) is 5.75 Å². The summed E-state index contributed by atoms with van der Waals surface area (Å²) in [5.74, 6) is 0.101. The first kappa shape index (κ1) is 18.6. The van der Waals surface area contributed by atoms with Crippen LogP contribution in [-0.2, 0) is 11.3 Å². The number of fused-ring (bicyclic) bond motifs is 4. The van der Waals surface area contributed by atoms with E-state index in [1.165, 1.54) is 11.3 Å². The van der Waals surface area contributed by atoms with Crippen LogP contribution in [0, 0.1) is 6.92 Å². The Morgan fingerprint density at radius 1 is 1.13 bits per heavy atom. The monoisotopic (exact) mass is 417 g/mol. The van der Waals surface area contributed by atoms with Crippen molar-refractivity contribution in [3.05, 3.63) is 76.3 Å². The Morgan fingerprint density at radius 2 is 1.90 bits per heavy atom. The number of hydrogen-bond acceptors (Lipinski definition) is 5. The van der Waals surface area contributed by atoms with E-state index in [1.54, 1.807) is 13.0 Å². The summed E-state index contributed by atoms with van der Waals surface area (Å²) in [5.41, 5.74) is 4.16. The lowest BCUT2D eigenvalue weighted by molar-refractivity contribution is 0.0324. The number of esters is 1. The number of ether oxygens (including phenoxy) is 2. The van der Waals surface area contributed by atoms with Gasteiger partial charge < -0.3 is 14.5 Å². The molecular weight excluding hydrogens is 398 g/mol. The number of thiophene rings is 1. The lowest BCUT2D eigenvalue weighted by Crippen LogP contribution is -2.24. The first-order valence-electron chi connectivity index (χ1n) is 9.70. The molecule has 1 N–H and O–H groups in total. The number of aromatic amines is 1. The Kier molecular flexibility index (Phi) is 4.44. The van der Waals surface area contributed by atoms with E-state index in [-0.39, 0.29) is 5.78 Å². The molecule has 0 radical (unpaired) electrons.